The molecule has 21 heavy (non-hydrogen) atoms. The number of rotatable bonds is 5. The first-order chi connectivity index (χ1) is 10.1. The minimum atomic E-state index is -0.900. The standard InChI is InChI=1S/C17H23NO3/c1-2-3-6-13-8-10-14(11-9-13)16(19)18-12-5-4-7-15(18)17(20)21/h8-11,15H,2-7,12H2,1H3,(H,20,21). The van der Waals surface area contributed by atoms with E-state index in [9.17, 15) is 14.7 Å². The summed E-state index contributed by atoms with van der Waals surface area (Å²) in [6, 6.07) is 6.92. The molecule has 1 N–H and O–H groups in total. The Hall–Kier alpha value is -1.84. The van der Waals surface area contributed by atoms with Crippen LogP contribution in [0.1, 0.15) is 54.9 Å². The van der Waals surface area contributed by atoms with Crippen molar-refractivity contribution < 1.29 is 14.7 Å². The molecule has 1 saturated heterocycles. The Bertz CT molecular complexity index is 495. The summed E-state index contributed by atoms with van der Waals surface area (Å²) in [5, 5.41) is 9.25. The Morgan fingerprint density at radius 1 is 1.24 bits per heavy atom. The van der Waals surface area contributed by atoms with Crippen molar-refractivity contribution in [1.29, 1.82) is 0 Å². The van der Waals surface area contributed by atoms with Gasteiger partial charge in [0.15, 0.2) is 0 Å². The van der Waals surface area contributed by atoms with E-state index in [2.05, 4.69) is 6.92 Å². The molecule has 1 aliphatic heterocycles. The van der Waals surface area contributed by atoms with Crippen molar-refractivity contribution in [2.45, 2.75) is 51.5 Å². The number of aliphatic carboxylic acids is 1. The predicted octanol–water partition coefficient (Wildman–Crippen LogP) is 3.11. The zero-order valence-electron chi connectivity index (χ0n) is 12.5. The van der Waals surface area contributed by atoms with Gasteiger partial charge in [0.05, 0.1) is 0 Å². The third-order valence-electron chi connectivity index (χ3n) is 4.07. The van der Waals surface area contributed by atoms with Gasteiger partial charge in [-0.2, -0.15) is 0 Å². The van der Waals surface area contributed by atoms with E-state index in [-0.39, 0.29) is 5.91 Å². The van der Waals surface area contributed by atoms with Gasteiger partial charge < -0.3 is 10.0 Å². The monoisotopic (exact) mass is 289 g/mol. The second-order valence-electron chi connectivity index (χ2n) is 5.65. The van der Waals surface area contributed by atoms with Crippen LogP contribution in [-0.4, -0.2) is 34.5 Å². The molecule has 0 spiro atoms. The number of hydrogen-bond acceptors (Lipinski definition) is 2. The van der Waals surface area contributed by atoms with Crippen LogP contribution in [0.15, 0.2) is 24.3 Å². The molecule has 1 aromatic rings. The van der Waals surface area contributed by atoms with Crippen LogP contribution in [0.5, 0.6) is 0 Å². The Labute approximate surface area is 125 Å². The number of hydrogen-bond donors (Lipinski definition) is 1. The van der Waals surface area contributed by atoms with Gasteiger partial charge in [-0.3, -0.25) is 4.79 Å². The summed E-state index contributed by atoms with van der Waals surface area (Å²) in [6.45, 7) is 2.69. The van der Waals surface area contributed by atoms with Crippen molar-refractivity contribution in [3.63, 3.8) is 0 Å². The van der Waals surface area contributed by atoms with Crippen LogP contribution < -0.4 is 0 Å². The van der Waals surface area contributed by atoms with E-state index < -0.39 is 12.0 Å². The van der Waals surface area contributed by atoms with Crippen LogP contribution in [0.4, 0.5) is 0 Å². The summed E-state index contributed by atoms with van der Waals surface area (Å²) < 4.78 is 0. The normalized spacial score (nSPS) is 18.5. The summed E-state index contributed by atoms with van der Waals surface area (Å²) in [7, 11) is 0. The highest BCUT2D eigenvalue weighted by atomic mass is 16.4. The Morgan fingerprint density at radius 2 is 1.95 bits per heavy atom. The first-order valence-electron chi connectivity index (χ1n) is 7.76. The maximum atomic E-state index is 12.5. The number of carbonyl (C=O) groups is 2. The van der Waals surface area contributed by atoms with Gasteiger partial charge in [-0.25, -0.2) is 4.79 Å². The second kappa shape index (κ2) is 7.25. The number of piperidine rings is 1. The van der Waals surface area contributed by atoms with Crippen molar-refractivity contribution in [2.24, 2.45) is 0 Å². The number of carboxylic acid groups (broad SMARTS) is 1. The van der Waals surface area contributed by atoms with Crippen LogP contribution >= 0.6 is 0 Å². The Kier molecular flexibility index (Phi) is 5.37. The summed E-state index contributed by atoms with van der Waals surface area (Å²) in [4.78, 5) is 25.3. The first-order valence-corrected chi connectivity index (χ1v) is 7.76. The van der Waals surface area contributed by atoms with Gasteiger partial charge in [0.25, 0.3) is 5.91 Å². The van der Waals surface area contributed by atoms with Crippen molar-refractivity contribution in [2.75, 3.05) is 6.54 Å². The topological polar surface area (TPSA) is 57.6 Å². The van der Waals surface area contributed by atoms with Crippen LogP contribution in [0.3, 0.4) is 0 Å². The van der Waals surface area contributed by atoms with Gasteiger partial charge in [0, 0.05) is 12.1 Å². The average molecular weight is 289 g/mol. The van der Waals surface area contributed by atoms with Crippen molar-refractivity contribution in [3.05, 3.63) is 35.4 Å². The summed E-state index contributed by atoms with van der Waals surface area (Å²) >= 11 is 0. The molecule has 0 aromatic heterocycles. The number of carboxylic acids is 1. The minimum Gasteiger partial charge on any atom is -0.480 e. The number of benzene rings is 1. The minimum absolute atomic E-state index is 0.163. The highest BCUT2D eigenvalue weighted by Crippen LogP contribution is 2.20. The van der Waals surface area contributed by atoms with Crippen LogP contribution in [0.25, 0.3) is 0 Å². The van der Waals surface area contributed by atoms with Crippen LogP contribution in [0.2, 0.25) is 0 Å². The number of nitrogens with zero attached hydrogens (tertiary/aromatic N) is 1. The molecule has 114 valence electrons. The molecule has 1 heterocycles. The third kappa shape index (κ3) is 3.84. The summed E-state index contributed by atoms with van der Waals surface area (Å²) in [5.74, 6) is -1.06. The second-order valence-corrected chi connectivity index (χ2v) is 5.65. The molecule has 2 rings (SSSR count). The lowest BCUT2D eigenvalue weighted by atomic mass is 10.00. The van der Waals surface area contributed by atoms with Crippen LogP contribution in [0, 0.1) is 0 Å². The fourth-order valence-electron chi connectivity index (χ4n) is 2.79. The zero-order valence-corrected chi connectivity index (χ0v) is 12.5. The first kappa shape index (κ1) is 15.5. The number of unbranched alkanes of at least 4 members (excludes halogenated alkanes) is 1. The van der Waals surface area contributed by atoms with E-state index in [1.165, 1.54) is 10.5 Å². The van der Waals surface area contributed by atoms with E-state index in [1.54, 1.807) is 0 Å². The molecule has 4 heteroatoms. The maximum absolute atomic E-state index is 12.5. The van der Waals surface area contributed by atoms with Gasteiger partial charge in [-0.1, -0.05) is 25.5 Å². The number of carbonyl (C=O) groups excluding carboxylic acids is 1. The largest absolute Gasteiger partial charge is 0.480 e. The van der Waals surface area contributed by atoms with Gasteiger partial charge >= 0.3 is 5.97 Å². The SMILES string of the molecule is CCCCc1ccc(C(=O)N2CCCCC2C(=O)O)cc1. The molecular weight excluding hydrogens is 266 g/mol. The molecule has 1 aliphatic rings. The van der Waals surface area contributed by atoms with Crippen molar-refractivity contribution in [3.8, 4) is 0 Å². The molecule has 1 aromatic carbocycles. The molecule has 1 atom stereocenters. The Balaban J connectivity index is 2.09. The Morgan fingerprint density at radius 3 is 2.57 bits per heavy atom. The molecule has 4 nitrogen and oxygen atoms in total. The van der Waals surface area contributed by atoms with Crippen molar-refractivity contribution in [1.82, 2.24) is 4.90 Å². The fourth-order valence-corrected chi connectivity index (χ4v) is 2.79. The third-order valence-corrected chi connectivity index (χ3v) is 4.07. The van der Waals surface area contributed by atoms with Crippen molar-refractivity contribution >= 4 is 11.9 Å². The van der Waals surface area contributed by atoms with Gasteiger partial charge in [0.1, 0.15) is 6.04 Å². The highest BCUT2D eigenvalue weighted by Gasteiger charge is 2.32. The van der Waals surface area contributed by atoms with E-state index in [0.29, 0.717) is 18.5 Å². The van der Waals surface area contributed by atoms with E-state index in [4.69, 9.17) is 0 Å². The molecule has 1 unspecified atom stereocenters. The van der Waals surface area contributed by atoms with E-state index in [1.807, 2.05) is 24.3 Å². The number of amides is 1. The lowest BCUT2D eigenvalue weighted by molar-refractivity contribution is -0.143. The van der Waals surface area contributed by atoms with Gasteiger partial charge in [0.2, 0.25) is 0 Å². The summed E-state index contributed by atoms with van der Waals surface area (Å²) in [5.41, 5.74) is 1.81. The van der Waals surface area contributed by atoms with Crippen LogP contribution in [-0.2, 0) is 11.2 Å². The lowest BCUT2D eigenvalue weighted by Gasteiger charge is -2.33. The van der Waals surface area contributed by atoms with E-state index >= 15 is 0 Å². The van der Waals surface area contributed by atoms with Gasteiger partial charge in [-0.15, -0.1) is 0 Å². The molecule has 1 fully saturated rings. The molecule has 0 saturated carbocycles. The fraction of sp³-hybridized carbons (Fsp3) is 0.529. The summed E-state index contributed by atoms with van der Waals surface area (Å²) in [6.07, 6.45) is 5.61. The molecular formula is C17H23NO3. The molecule has 1 amide bonds. The number of aryl methyl sites for hydroxylation is 1. The lowest BCUT2D eigenvalue weighted by Crippen LogP contribution is -2.47. The molecule has 0 aliphatic carbocycles. The zero-order chi connectivity index (χ0) is 15.2. The van der Waals surface area contributed by atoms with Gasteiger partial charge in [-0.05, 0) is 49.8 Å². The highest BCUT2D eigenvalue weighted by molar-refractivity contribution is 5.96. The van der Waals surface area contributed by atoms with E-state index in [0.717, 1.165) is 32.1 Å². The smallest absolute Gasteiger partial charge is 0.326 e. The average Bonchev–Trinajstić information content (AvgIpc) is 2.52. The maximum Gasteiger partial charge on any atom is 0.326 e. The number of likely N-dealkylation sites (tertiary alicyclic amines) is 1. The molecule has 0 radical (unpaired) electrons. The predicted molar refractivity (Wildman–Crippen MR) is 81.4 cm³/mol. The quantitative estimate of drug-likeness (QED) is 0.906. The molecule has 0 bridgehead atoms.